The second-order valence-electron chi connectivity index (χ2n) is 1.63. The number of rotatable bonds is 1. The third-order valence-corrected chi connectivity index (χ3v) is 0.968. The van der Waals surface area contributed by atoms with Gasteiger partial charge in [-0.1, -0.05) is 0 Å². The maximum absolute atomic E-state index is 5.41. The van der Waals surface area contributed by atoms with E-state index in [1.54, 1.807) is 25.4 Å². The molecule has 0 spiro atoms. The lowest BCUT2D eigenvalue weighted by atomic mass is 10.3. The van der Waals surface area contributed by atoms with Crippen LogP contribution in [0.3, 0.4) is 0 Å². The molecule has 0 saturated heterocycles. The van der Waals surface area contributed by atoms with Crippen LogP contribution in [0.4, 0.5) is 0 Å². The smallest absolute Gasteiger partial charge is 0.213 e. The summed E-state index contributed by atoms with van der Waals surface area (Å²) >= 11 is 0. The van der Waals surface area contributed by atoms with Crippen LogP contribution in [0.1, 0.15) is 5.56 Å². The summed E-state index contributed by atoms with van der Waals surface area (Å²) in [5, 5.41) is 0. The van der Waals surface area contributed by atoms with Crippen molar-refractivity contribution in [2.24, 2.45) is 0 Å². The predicted molar refractivity (Wildman–Crippen MR) is 34.2 cm³/mol. The number of aromatic nitrogens is 1. The molecular formula is C7H7NO. The molecule has 0 N–H and O–H groups in total. The molecule has 0 saturated carbocycles. The highest BCUT2D eigenvalue weighted by Crippen LogP contribution is 2.05. The second-order valence-corrected chi connectivity index (χ2v) is 1.63. The molecule has 0 unspecified atom stereocenters. The monoisotopic (exact) mass is 121 g/mol. The van der Waals surface area contributed by atoms with Gasteiger partial charge in [-0.15, -0.1) is 0 Å². The van der Waals surface area contributed by atoms with Crippen molar-refractivity contribution in [1.29, 1.82) is 0 Å². The van der Waals surface area contributed by atoms with E-state index in [1.807, 2.05) is 0 Å². The highest BCUT2D eigenvalue weighted by atomic mass is 16.5. The summed E-state index contributed by atoms with van der Waals surface area (Å²) in [6, 6.07) is 3.38. The molecule has 1 rings (SSSR count). The van der Waals surface area contributed by atoms with Crippen LogP contribution in [-0.2, 0) is 0 Å². The first-order chi connectivity index (χ1) is 4.33. The first-order valence-electron chi connectivity index (χ1n) is 2.58. The molecule has 2 heteroatoms. The van der Waals surface area contributed by atoms with Gasteiger partial charge in [0.1, 0.15) is 0 Å². The minimum atomic E-state index is 0.551. The van der Waals surface area contributed by atoms with Gasteiger partial charge in [-0.25, -0.2) is 4.98 Å². The molecule has 0 bridgehead atoms. The Kier molecular flexibility index (Phi) is 1.68. The molecule has 1 heterocycles. The summed E-state index contributed by atoms with van der Waals surface area (Å²) < 4.78 is 4.80. The zero-order chi connectivity index (χ0) is 6.69. The van der Waals surface area contributed by atoms with Crippen molar-refractivity contribution >= 4 is 0 Å². The molecular weight excluding hydrogens is 114 g/mol. The van der Waals surface area contributed by atoms with E-state index in [4.69, 9.17) is 11.7 Å². The van der Waals surface area contributed by atoms with E-state index in [-0.39, 0.29) is 0 Å². The largest absolute Gasteiger partial charge is 0.481 e. The van der Waals surface area contributed by atoms with Crippen molar-refractivity contribution in [3.8, 4) is 5.88 Å². The maximum Gasteiger partial charge on any atom is 0.213 e. The number of hydrogen-bond donors (Lipinski definition) is 0. The molecule has 0 aliphatic carbocycles. The van der Waals surface area contributed by atoms with Crippen LogP contribution in [0.25, 0.3) is 0 Å². The van der Waals surface area contributed by atoms with E-state index < -0.39 is 0 Å². The Balaban J connectivity index is 2.94. The van der Waals surface area contributed by atoms with Gasteiger partial charge in [-0.05, 0) is 18.6 Å². The summed E-state index contributed by atoms with van der Waals surface area (Å²) in [4.78, 5) is 3.86. The van der Waals surface area contributed by atoms with Gasteiger partial charge in [-0.2, -0.15) is 0 Å². The Morgan fingerprint density at radius 3 is 2.89 bits per heavy atom. The summed E-state index contributed by atoms with van der Waals surface area (Å²) in [6.45, 7) is 5.41. The Hall–Kier alpha value is -1.05. The fraction of sp³-hybridized carbons (Fsp3) is 0.143. The molecule has 1 aromatic heterocycles. The minimum absolute atomic E-state index is 0.551. The lowest BCUT2D eigenvalue weighted by Crippen LogP contribution is -1.85. The van der Waals surface area contributed by atoms with Crippen LogP contribution in [0.2, 0.25) is 0 Å². The van der Waals surface area contributed by atoms with E-state index in [9.17, 15) is 0 Å². The van der Waals surface area contributed by atoms with Gasteiger partial charge in [0.15, 0.2) is 0 Å². The molecule has 1 aromatic rings. The van der Waals surface area contributed by atoms with Crippen molar-refractivity contribution in [2.45, 2.75) is 0 Å². The van der Waals surface area contributed by atoms with Crippen molar-refractivity contribution in [3.05, 3.63) is 30.8 Å². The van der Waals surface area contributed by atoms with Crippen LogP contribution in [0, 0.1) is 6.92 Å². The number of ether oxygens (including phenoxy) is 1. The normalized spacial score (nSPS) is 9.11. The maximum atomic E-state index is 5.41. The van der Waals surface area contributed by atoms with E-state index in [1.165, 1.54) is 0 Å². The molecule has 0 aliphatic heterocycles. The van der Waals surface area contributed by atoms with Gasteiger partial charge in [0.2, 0.25) is 5.88 Å². The van der Waals surface area contributed by atoms with E-state index in [2.05, 4.69) is 4.98 Å². The number of hydrogen-bond acceptors (Lipinski definition) is 2. The summed E-state index contributed by atoms with van der Waals surface area (Å²) in [7, 11) is 1.56. The van der Waals surface area contributed by atoms with Gasteiger partial charge in [0, 0.05) is 12.3 Å². The Bertz CT molecular complexity index is 198. The van der Waals surface area contributed by atoms with Crippen LogP contribution < -0.4 is 4.74 Å². The number of methoxy groups -OCH3 is 1. The van der Waals surface area contributed by atoms with Gasteiger partial charge in [0.05, 0.1) is 7.11 Å². The van der Waals surface area contributed by atoms with Crippen LogP contribution in [-0.4, -0.2) is 12.1 Å². The minimum Gasteiger partial charge on any atom is -0.481 e. The zero-order valence-electron chi connectivity index (χ0n) is 5.16. The average Bonchev–Trinajstić information content (AvgIpc) is 1.88. The van der Waals surface area contributed by atoms with E-state index in [0.29, 0.717) is 11.4 Å². The Labute approximate surface area is 54.5 Å². The third kappa shape index (κ3) is 1.42. The molecule has 0 amide bonds. The molecule has 0 aromatic carbocycles. The fourth-order valence-corrected chi connectivity index (χ4v) is 0.536. The molecule has 46 valence electrons. The highest BCUT2D eigenvalue weighted by Gasteiger charge is 1.88. The molecule has 2 nitrogen and oxygen atoms in total. The summed E-state index contributed by atoms with van der Waals surface area (Å²) in [6.07, 6.45) is 1.61. The Morgan fingerprint density at radius 1 is 1.67 bits per heavy atom. The van der Waals surface area contributed by atoms with Crippen LogP contribution >= 0.6 is 0 Å². The first-order valence-corrected chi connectivity index (χ1v) is 2.58. The predicted octanol–water partition coefficient (Wildman–Crippen LogP) is 1.15. The van der Waals surface area contributed by atoms with Crippen molar-refractivity contribution in [3.63, 3.8) is 0 Å². The average molecular weight is 121 g/mol. The van der Waals surface area contributed by atoms with Crippen molar-refractivity contribution in [1.82, 2.24) is 4.98 Å². The van der Waals surface area contributed by atoms with Crippen molar-refractivity contribution in [2.75, 3.05) is 7.11 Å². The highest BCUT2D eigenvalue weighted by molar-refractivity contribution is 5.22. The SMILES string of the molecule is [CH]c1ccnc(OC)c1. The zero-order valence-corrected chi connectivity index (χ0v) is 5.16. The topological polar surface area (TPSA) is 22.1 Å². The van der Waals surface area contributed by atoms with Gasteiger partial charge in [0.25, 0.3) is 0 Å². The third-order valence-electron chi connectivity index (χ3n) is 0.968. The standard InChI is InChI=1S/C7H7NO/c1-6-3-4-8-7(5-6)9-2/h1,3-5H,2H3. The lowest BCUT2D eigenvalue weighted by molar-refractivity contribution is 0.397. The molecule has 2 radical (unpaired) electrons. The summed E-state index contributed by atoms with van der Waals surface area (Å²) in [5.74, 6) is 0.551. The van der Waals surface area contributed by atoms with E-state index >= 15 is 0 Å². The Morgan fingerprint density at radius 2 is 2.44 bits per heavy atom. The van der Waals surface area contributed by atoms with Gasteiger partial charge < -0.3 is 4.74 Å². The lowest BCUT2D eigenvalue weighted by Gasteiger charge is -1.96. The molecule has 0 fully saturated rings. The quantitative estimate of drug-likeness (QED) is 0.556. The van der Waals surface area contributed by atoms with Crippen LogP contribution in [0.15, 0.2) is 18.3 Å². The second kappa shape index (κ2) is 2.49. The summed E-state index contributed by atoms with van der Waals surface area (Å²) in [5.41, 5.74) is 0.668. The molecule has 0 atom stereocenters. The fourth-order valence-electron chi connectivity index (χ4n) is 0.536. The van der Waals surface area contributed by atoms with E-state index in [0.717, 1.165) is 0 Å². The number of pyridine rings is 1. The van der Waals surface area contributed by atoms with Gasteiger partial charge in [-0.3, -0.25) is 0 Å². The number of nitrogens with zero attached hydrogens (tertiary/aromatic N) is 1. The molecule has 0 aliphatic rings. The van der Waals surface area contributed by atoms with Crippen molar-refractivity contribution < 1.29 is 4.74 Å². The first kappa shape index (κ1) is 6.08. The van der Waals surface area contributed by atoms with Gasteiger partial charge >= 0.3 is 0 Å². The molecule has 9 heavy (non-hydrogen) atoms. The van der Waals surface area contributed by atoms with Crippen LogP contribution in [0.5, 0.6) is 5.88 Å².